The molecule has 1 heterocycles. The quantitative estimate of drug-likeness (QED) is 0.481. The second kappa shape index (κ2) is 8.12. The van der Waals surface area contributed by atoms with E-state index in [0.29, 0.717) is 16.9 Å². The number of para-hydroxylation sites is 1. The smallest absolute Gasteiger partial charge is 0.362 e. The maximum Gasteiger partial charge on any atom is 0.417 e. The number of hydrogen-bond acceptors (Lipinski definition) is 4. The van der Waals surface area contributed by atoms with Crippen LogP contribution in [0.2, 0.25) is 0 Å². The molecule has 2 aromatic carbocycles. The Morgan fingerprint density at radius 1 is 1.00 bits per heavy atom. The summed E-state index contributed by atoms with van der Waals surface area (Å²) >= 11 is 0. The summed E-state index contributed by atoms with van der Waals surface area (Å²) in [5.74, 6) is 0.462. The van der Waals surface area contributed by atoms with Gasteiger partial charge in [-0.05, 0) is 35.4 Å². The third kappa shape index (κ3) is 4.68. The number of nitrogens with zero attached hydrogens (tertiary/aromatic N) is 3. The van der Waals surface area contributed by atoms with Crippen LogP contribution in [0.15, 0.2) is 72.0 Å². The molecule has 0 aliphatic rings. The summed E-state index contributed by atoms with van der Waals surface area (Å²) in [6.07, 6.45) is -1.98. The van der Waals surface area contributed by atoms with E-state index in [9.17, 15) is 13.2 Å². The molecule has 0 bridgehead atoms. The van der Waals surface area contributed by atoms with Gasteiger partial charge in [0.25, 0.3) is 0 Å². The van der Waals surface area contributed by atoms with Gasteiger partial charge in [0.1, 0.15) is 5.82 Å². The minimum atomic E-state index is -4.45. The minimum Gasteiger partial charge on any atom is -0.362 e. The molecule has 0 amide bonds. The number of nitrogens with one attached hydrogen (secondary N) is 1. The second-order valence-electron chi connectivity index (χ2n) is 6.35. The van der Waals surface area contributed by atoms with Gasteiger partial charge >= 0.3 is 6.18 Å². The van der Waals surface area contributed by atoms with E-state index in [4.69, 9.17) is 0 Å². The Hall–Kier alpha value is -3.35. The topological polar surface area (TPSA) is 40.5 Å². The fraction of sp³-hybridized carbons (Fsp3) is 0.143. The van der Waals surface area contributed by atoms with Gasteiger partial charge < -0.3 is 4.90 Å². The maximum atomic E-state index is 13.1. The fourth-order valence-electron chi connectivity index (χ4n) is 2.66. The lowest BCUT2D eigenvalue weighted by atomic mass is 10.0. The third-order valence-electron chi connectivity index (χ3n) is 4.00. The lowest BCUT2D eigenvalue weighted by Crippen LogP contribution is -2.14. The summed E-state index contributed by atoms with van der Waals surface area (Å²) < 4.78 is 39.4. The first-order valence-electron chi connectivity index (χ1n) is 8.54. The van der Waals surface area contributed by atoms with Crippen molar-refractivity contribution in [3.8, 4) is 11.1 Å². The highest BCUT2D eigenvalue weighted by atomic mass is 19.4. The van der Waals surface area contributed by atoms with Crippen molar-refractivity contribution in [2.45, 2.75) is 6.18 Å². The molecular weight excluding hydrogens is 365 g/mol. The average molecular weight is 384 g/mol. The van der Waals surface area contributed by atoms with E-state index in [2.05, 4.69) is 15.5 Å². The van der Waals surface area contributed by atoms with Gasteiger partial charge in [-0.1, -0.05) is 36.4 Å². The molecule has 144 valence electrons. The van der Waals surface area contributed by atoms with Crippen molar-refractivity contribution in [2.24, 2.45) is 5.10 Å². The first-order chi connectivity index (χ1) is 13.3. The van der Waals surface area contributed by atoms with Crippen LogP contribution < -0.4 is 10.3 Å². The van der Waals surface area contributed by atoms with Crippen LogP contribution in [0.3, 0.4) is 0 Å². The maximum absolute atomic E-state index is 13.1. The van der Waals surface area contributed by atoms with Crippen LogP contribution >= 0.6 is 0 Å². The monoisotopic (exact) mass is 384 g/mol. The van der Waals surface area contributed by atoms with Crippen LogP contribution in [-0.4, -0.2) is 25.3 Å². The highest BCUT2D eigenvalue weighted by Gasteiger charge is 2.32. The molecule has 3 aromatic rings. The number of rotatable bonds is 5. The molecule has 0 radical (unpaired) electrons. The molecule has 28 heavy (non-hydrogen) atoms. The fourth-order valence-corrected chi connectivity index (χ4v) is 2.66. The zero-order valence-corrected chi connectivity index (χ0v) is 15.4. The highest BCUT2D eigenvalue weighted by molar-refractivity contribution is 5.85. The standard InChI is InChI=1S/C21H19F3N4/c1-28(2)20-19(12-17(14-25-20)21(22,23)24)16-8-6-7-15(11-16)13-26-27-18-9-4-3-5-10-18/h3-14,27H,1-2H3. The number of alkyl halides is 3. The minimum absolute atomic E-state index is 0.408. The zero-order valence-electron chi connectivity index (χ0n) is 15.4. The normalized spacial score (nSPS) is 11.6. The van der Waals surface area contributed by atoms with Crippen LogP contribution in [-0.2, 0) is 6.18 Å². The van der Waals surface area contributed by atoms with Gasteiger partial charge in [-0.15, -0.1) is 0 Å². The number of pyridine rings is 1. The Bertz CT molecular complexity index is 967. The lowest BCUT2D eigenvalue weighted by molar-refractivity contribution is -0.137. The second-order valence-corrected chi connectivity index (χ2v) is 6.35. The highest BCUT2D eigenvalue weighted by Crippen LogP contribution is 2.35. The summed E-state index contributed by atoms with van der Waals surface area (Å²) in [5, 5.41) is 4.18. The number of halogens is 3. The summed E-state index contributed by atoms with van der Waals surface area (Å²) in [7, 11) is 3.49. The van der Waals surface area contributed by atoms with Gasteiger partial charge in [-0.2, -0.15) is 18.3 Å². The SMILES string of the molecule is CN(C)c1ncc(C(F)(F)F)cc1-c1cccc(C=NNc2ccccc2)c1. The van der Waals surface area contributed by atoms with E-state index in [1.165, 1.54) is 0 Å². The predicted molar refractivity (Wildman–Crippen MR) is 107 cm³/mol. The Balaban J connectivity index is 1.92. The van der Waals surface area contributed by atoms with Gasteiger partial charge in [0.05, 0.1) is 17.5 Å². The van der Waals surface area contributed by atoms with Gasteiger partial charge in [-0.3, -0.25) is 5.43 Å². The summed E-state index contributed by atoms with van der Waals surface area (Å²) in [6.45, 7) is 0. The van der Waals surface area contributed by atoms with Crippen molar-refractivity contribution in [3.63, 3.8) is 0 Å². The van der Waals surface area contributed by atoms with E-state index < -0.39 is 11.7 Å². The summed E-state index contributed by atoms with van der Waals surface area (Å²) in [4.78, 5) is 5.70. The van der Waals surface area contributed by atoms with Gasteiger partial charge in [-0.25, -0.2) is 4.98 Å². The van der Waals surface area contributed by atoms with Crippen molar-refractivity contribution in [3.05, 3.63) is 78.0 Å². The molecule has 0 unspecified atom stereocenters. The molecule has 1 aromatic heterocycles. The largest absolute Gasteiger partial charge is 0.417 e. The molecule has 0 aliphatic heterocycles. The van der Waals surface area contributed by atoms with Crippen LogP contribution in [0.25, 0.3) is 11.1 Å². The van der Waals surface area contributed by atoms with Crippen LogP contribution in [0.4, 0.5) is 24.7 Å². The molecule has 0 spiro atoms. The first kappa shape index (κ1) is 19.4. The van der Waals surface area contributed by atoms with Crippen molar-refractivity contribution >= 4 is 17.7 Å². The van der Waals surface area contributed by atoms with Crippen LogP contribution in [0.1, 0.15) is 11.1 Å². The Kier molecular flexibility index (Phi) is 5.63. The average Bonchev–Trinajstić information content (AvgIpc) is 2.68. The predicted octanol–water partition coefficient (Wildman–Crippen LogP) is 5.28. The van der Waals surface area contributed by atoms with Gasteiger partial charge in [0, 0.05) is 25.9 Å². The van der Waals surface area contributed by atoms with Gasteiger partial charge in [0.15, 0.2) is 0 Å². The van der Waals surface area contributed by atoms with E-state index in [-0.39, 0.29) is 0 Å². The first-order valence-corrected chi connectivity index (χ1v) is 8.54. The molecule has 0 fully saturated rings. The van der Waals surface area contributed by atoms with Crippen molar-refractivity contribution < 1.29 is 13.2 Å². The van der Waals surface area contributed by atoms with Gasteiger partial charge in [0.2, 0.25) is 0 Å². The number of hydrazone groups is 1. The summed E-state index contributed by atoms with van der Waals surface area (Å²) in [6, 6.07) is 17.7. The van der Waals surface area contributed by atoms with E-state index in [1.54, 1.807) is 43.4 Å². The van der Waals surface area contributed by atoms with E-state index in [0.717, 1.165) is 23.5 Å². The Labute approximate surface area is 161 Å². The summed E-state index contributed by atoms with van der Waals surface area (Å²) in [5.41, 5.74) is 4.76. The molecule has 3 rings (SSSR count). The number of anilines is 2. The molecule has 0 atom stereocenters. The van der Waals surface area contributed by atoms with Crippen molar-refractivity contribution in [1.82, 2.24) is 4.98 Å². The third-order valence-corrected chi connectivity index (χ3v) is 4.00. The zero-order chi connectivity index (χ0) is 20.1. The number of benzene rings is 2. The molecular formula is C21H19F3N4. The molecule has 7 heteroatoms. The van der Waals surface area contributed by atoms with Crippen LogP contribution in [0, 0.1) is 0 Å². The number of hydrogen-bond donors (Lipinski definition) is 1. The molecule has 1 N–H and O–H groups in total. The van der Waals surface area contributed by atoms with Crippen molar-refractivity contribution in [2.75, 3.05) is 24.4 Å². The van der Waals surface area contributed by atoms with Crippen LogP contribution in [0.5, 0.6) is 0 Å². The van der Waals surface area contributed by atoms with E-state index >= 15 is 0 Å². The molecule has 0 saturated carbocycles. The Morgan fingerprint density at radius 2 is 1.75 bits per heavy atom. The van der Waals surface area contributed by atoms with Crippen molar-refractivity contribution in [1.29, 1.82) is 0 Å². The Morgan fingerprint density at radius 3 is 2.43 bits per heavy atom. The lowest BCUT2D eigenvalue weighted by Gasteiger charge is -2.18. The molecule has 4 nitrogen and oxygen atoms in total. The molecule has 0 aliphatic carbocycles. The van der Waals surface area contributed by atoms with E-state index in [1.807, 2.05) is 36.4 Å². The number of aromatic nitrogens is 1. The molecule has 0 saturated heterocycles.